The number of hydrogen-bond acceptors (Lipinski definition) is 6. The van der Waals surface area contributed by atoms with Crippen molar-refractivity contribution in [3.05, 3.63) is 34.5 Å². The van der Waals surface area contributed by atoms with Gasteiger partial charge in [-0.25, -0.2) is 14.8 Å². The number of aromatic carboxylic acids is 1. The smallest absolute Gasteiger partial charge is 0.338 e. The average molecular weight is 310 g/mol. The van der Waals surface area contributed by atoms with E-state index in [9.17, 15) is 9.59 Å². The SMILES string of the molecule is Cc1nc(Sc2ncccc2C(=O)O)sc1CC(=O)O. The van der Waals surface area contributed by atoms with Crippen molar-refractivity contribution in [1.82, 2.24) is 9.97 Å². The molecule has 0 atom stereocenters. The van der Waals surface area contributed by atoms with E-state index in [0.29, 0.717) is 19.9 Å². The lowest BCUT2D eigenvalue weighted by Gasteiger charge is -2.00. The Morgan fingerprint density at radius 3 is 2.80 bits per heavy atom. The van der Waals surface area contributed by atoms with Crippen molar-refractivity contribution in [1.29, 1.82) is 0 Å². The third kappa shape index (κ3) is 3.34. The van der Waals surface area contributed by atoms with Crippen molar-refractivity contribution in [3.8, 4) is 0 Å². The standard InChI is InChI=1S/C12H10N2O4S2/c1-6-8(5-9(15)16)19-12(14-6)20-10-7(11(17)18)3-2-4-13-10/h2-4H,5H2,1H3,(H,15,16)(H,17,18). The van der Waals surface area contributed by atoms with Crippen molar-refractivity contribution in [2.75, 3.05) is 0 Å². The lowest BCUT2D eigenvalue weighted by Crippen LogP contribution is -1.99. The second-order valence-electron chi connectivity index (χ2n) is 3.82. The molecule has 2 aromatic rings. The molecule has 2 aromatic heterocycles. The van der Waals surface area contributed by atoms with Gasteiger partial charge in [0, 0.05) is 11.1 Å². The van der Waals surface area contributed by atoms with Gasteiger partial charge in [-0.2, -0.15) is 0 Å². The molecule has 8 heteroatoms. The highest BCUT2D eigenvalue weighted by Crippen LogP contribution is 2.33. The minimum absolute atomic E-state index is 0.0853. The van der Waals surface area contributed by atoms with Gasteiger partial charge < -0.3 is 10.2 Å². The van der Waals surface area contributed by atoms with Gasteiger partial charge in [-0.15, -0.1) is 11.3 Å². The molecule has 0 radical (unpaired) electrons. The number of nitrogens with zero attached hydrogens (tertiary/aromatic N) is 2. The number of carboxylic acids is 2. The molecule has 2 N–H and O–H groups in total. The first-order valence-electron chi connectivity index (χ1n) is 5.51. The molecule has 0 unspecified atom stereocenters. The summed E-state index contributed by atoms with van der Waals surface area (Å²) in [5, 5.41) is 18.2. The number of rotatable bonds is 5. The Morgan fingerprint density at radius 2 is 2.15 bits per heavy atom. The first kappa shape index (κ1) is 14.5. The lowest BCUT2D eigenvalue weighted by molar-refractivity contribution is -0.136. The molecule has 0 aliphatic heterocycles. The number of carbonyl (C=O) groups is 2. The molecule has 0 saturated heterocycles. The summed E-state index contributed by atoms with van der Waals surface area (Å²) in [4.78, 5) is 30.7. The summed E-state index contributed by atoms with van der Waals surface area (Å²) in [5.74, 6) is -1.98. The third-order valence-electron chi connectivity index (χ3n) is 2.37. The topological polar surface area (TPSA) is 100 Å². The van der Waals surface area contributed by atoms with Crippen LogP contribution < -0.4 is 0 Å². The molecule has 0 amide bonds. The van der Waals surface area contributed by atoms with Crippen LogP contribution in [-0.4, -0.2) is 32.1 Å². The molecule has 0 spiro atoms. The number of aryl methyl sites for hydroxylation is 1. The monoisotopic (exact) mass is 310 g/mol. The van der Waals surface area contributed by atoms with E-state index in [0.717, 1.165) is 11.8 Å². The van der Waals surface area contributed by atoms with Crippen LogP contribution in [0.4, 0.5) is 0 Å². The van der Waals surface area contributed by atoms with Crippen molar-refractivity contribution < 1.29 is 19.8 Å². The van der Waals surface area contributed by atoms with Crippen molar-refractivity contribution in [2.24, 2.45) is 0 Å². The van der Waals surface area contributed by atoms with Crippen LogP contribution in [0.25, 0.3) is 0 Å². The van der Waals surface area contributed by atoms with Crippen LogP contribution in [0.5, 0.6) is 0 Å². The summed E-state index contributed by atoms with van der Waals surface area (Å²) in [6.45, 7) is 1.73. The molecule has 0 aliphatic carbocycles. The molecule has 6 nitrogen and oxygen atoms in total. The quantitative estimate of drug-likeness (QED) is 0.874. The summed E-state index contributed by atoms with van der Waals surface area (Å²) < 4.78 is 0.583. The summed E-state index contributed by atoms with van der Waals surface area (Å²) >= 11 is 2.37. The molecule has 2 heterocycles. The zero-order valence-corrected chi connectivity index (χ0v) is 12.0. The molecule has 0 aliphatic rings. The first-order chi connectivity index (χ1) is 9.47. The van der Waals surface area contributed by atoms with Gasteiger partial charge in [-0.3, -0.25) is 4.79 Å². The third-order valence-corrected chi connectivity index (χ3v) is 4.61. The molecule has 2 rings (SSSR count). The second-order valence-corrected chi connectivity index (χ2v) is 6.14. The maximum atomic E-state index is 11.1. The van der Waals surface area contributed by atoms with Crippen LogP contribution in [0.1, 0.15) is 20.9 Å². The fraction of sp³-hybridized carbons (Fsp3) is 0.167. The van der Waals surface area contributed by atoms with Crippen molar-refractivity contribution in [3.63, 3.8) is 0 Å². The van der Waals surface area contributed by atoms with Crippen molar-refractivity contribution >= 4 is 35.0 Å². The summed E-state index contributed by atoms with van der Waals surface area (Å²) in [6.07, 6.45) is 1.42. The molecule has 0 aromatic carbocycles. The summed E-state index contributed by atoms with van der Waals surface area (Å²) in [5.41, 5.74) is 0.748. The van der Waals surface area contributed by atoms with E-state index in [-0.39, 0.29) is 12.0 Å². The largest absolute Gasteiger partial charge is 0.481 e. The first-order valence-corrected chi connectivity index (χ1v) is 7.15. The Labute approximate surface area is 122 Å². The maximum absolute atomic E-state index is 11.1. The zero-order valence-electron chi connectivity index (χ0n) is 10.4. The molecule has 104 valence electrons. The number of pyridine rings is 1. The number of hydrogen-bond donors (Lipinski definition) is 2. The average Bonchev–Trinajstić information content (AvgIpc) is 2.69. The number of carboxylic acid groups (broad SMARTS) is 2. The summed E-state index contributed by atoms with van der Waals surface area (Å²) in [7, 11) is 0. The van der Waals surface area contributed by atoms with E-state index in [1.165, 1.54) is 23.6 Å². The van der Waals surface area contributed by atoms with Crippen LogP contribution in [-0.2, 0) is 11.2 Å². The molecular weight excluding hydrogens is 300 g/mol. The Hall–Kier alpha value is -1.93. The van der Waals surface area contributed by atoms with Gasteiger partial charge in [0.15, 0.2) is 4.34 Å². The second kappa shape index (κ2) is 6.02. The van der Waals surface area contributed by atoms with E-state index < -0.39 is 11.9 Å². The molecule has 20 heavy (non-hydrogen) atoms. The van der Waals surface area contributed by atoms with Crippen LogP contribution in [0.15, 0.2) is 27.7 Å². The van der Waals surface area contributed by atoms with Gasteiger partial charge in [0.1, 0.15) is 5.03 Å². The molecule has 0 bridgehead atoms. The molecular formula is C12H10N2O4S2. The number of aromatic nitrogens is 2. The van der Waals surface area contributed by atoms with E-state index in [1.807, 2.05) is 0 Å². The lowest BCUT2D eigenvalue weighted by atomic mass is 10.3. The Bertz CT molecular complexity index is 669. The van der Waals surface area contributed by atoms with Crippen molar-refractivity contribution in [2.45, 2.75) is 22.7 Å². The predicted molar refractivity (Wildman–Crippen MR) is 73.5 cm³/mol. The highest BCUT2D eigenvalue weighted by Gasteiger charge is 2.16. The maximum Gasteiger partial charge on any atom is 0.338 e. The predicted octanol–water partition coefficient (Wildman–Crippen LogP) is 2.32. The van der Waals surface area contributed by atoms with E-state index in [4.69, 9.17) is 10.2 Å². The molecule has 0 saturated carbocycles. The van der Waals surface area contributed by atoms with Gasteiger partial charge in [-0.1, -0.05) is 0 Å². The highest BCUT2D eigenvalue weighted by atomic mass is 32.2. The van der Waals surface area contributed by atoms with Gasteiger partial charge in [-0.05, 0) is 30.8 Å². The van der Waals surface area contributed by atoms with Crippen LogP contribution in [0.2, 0.25) is 0 Å². The normalized spacial score (nSPS) is 10.4. The van der Waals surface area contributed by atoms with Gasteiger partial charge >= 0.3 is 11.9 Å². The van der Waals surface area contributed by atoms with Crippen LogP contribution in [0, 0.1) is 6.92 Å². The molecule has 0 fully saturated rings. The Morgan fingerprint density at radius 1 is 1.40 bits per heavy atom. The van der Waals surface area contributed by atoms with Crippen LogP contribution >= 0.6 is 23.1 Å². The van der Waals surface area contributed by atoms with E-state index >= 15 is 0 Å². The van der Waals surface area contributed by atoms with E-state index in [1.54, 1.807) is 13.0 Å². The fourth-order valence-corrected chi connectivity index (χ4v) is 3.68. The van der Waals surface area contributed by atoms with Crippen LogP contribution in [0.3, 0.4) is 0 Å². The minimum Gasteiger partial charge on any atom is -0.481 e. The number of aliphatic carboxylic acids is 1. The Kier molecular flexibility index (Phi) is 4.35. The zero-order chi connectivity index (χ0) is 14.7. The van der Waals surface area contributed by atoms with Gasteiger partial charge in [0.25, 0.3) is 0 Å². The highest BCUT2D eigenvalue weighted by molar-refractivity contribution is 8.01. The van der Waals surface area contributed by atoms with Gasteiger partial charge in [0.05, 0.1) is 17.7 Å². The fourth-order valence-electron chi connectivity index (χ4n) is 1.46. The minimum atomic E-state index is -1.06. The number of thiazole rings is 1. The Balaban J connectivity index is 2.27. The van der Waals surface area contributed by atoms with E-state index in [2.05, 4.69) is 9.97 Å². The summed E-state index contributed by atoms with van der Waals surface area (Å²) in [6, 6.07) is 3.02. The van der Waals surface area contributed by atoms with Gasteiger partial charge in [0.2, 0.25) is 0 Å².